The number of carboxylic acids is 1. The zero-order valence-electron chi connectivity index (χ0n) is 7.94. The van der Waals surface area contributed by atoms with Gasteiger partial charge < -0.3 is 10.8 Å². The van der Waals surface area contributed by atoms with Crippen LogP contribution in [0, 0.1) is 0 Å². The van der Waals surface area contributed by atoms with Crippen molar-refractivity contribution < 1.29 is 9.90 Å². The molecule has 4 nitrogen and oxygen atoms in total. The highest BCUT2D eigenvalue weighted by Crippen LogP contribution is 2.06. The topological polar surface area (TPSA) is 76.2 Å². The van der Waals surface area contributed by atoms with E-state index in [-0.39, 0.29) is 6.42 Å². The number of nitrogens with zero attached hydrogens (tertiary/aromatic N) is 1. The fraction of sp³-hybridized carbons (Fsp3) is 0.400. The first-order valence-corrected chi connectivity index (χ1v) is 4.60. The van der Waals surface area contributed by atoms with Crippen LogP contribution in [0.1, 0.15) is 24.8 Å². The molecule has 1 rings (SSSR count). The minimum Gasteiger partial charge on any atom is -0.481 e. The number of aliphatic carboxylic acids is 1. The largest absolute Gasteiger partial charge is 0.481 e. The van der Waals surface area contributed by atoms with Crippen LogP contribution in [-0.4, -0.2) is 16.1 Å². The lowest BCUT2D eigenvalue weighted by Gasteiger charge is -1.99. The summed E-state index contributed by atoms with van der Waals surface area (Å²) in [6.07, 6.45) is 4.41. The van der Waals surface area contributed by atoms with Crippen LogP contribution in [0.2, 0.25) is 0 Å². The number of aryl methyl sites for hydroxylation is 1. The molecular formula is C10H14N2O2. The zero-order valence-corrected chi connectivity index (χ0v) is 7.94. The molecule has 0 aliphatic heterocycles. The van der Waals surface area contributed by atoms with Crippen molar-refractivity contribution in [2.24, 2.45) is 0 Å². The van der Waals surface area contributed by atoms with Gasteiger partial charge in [-0.05, 0) is 30.9 Å². The summed E-state index contributed by atoms with van der Waals surface area (Å²) in [5, 5.41) is 8.42. The summed E-state index contributed by atoms with van der Waals surface area (Å²) in [7, 11) is 0. The van der Waals surface area contributed by atoms with Gasteiger partial charge in [-0.3, -0.25) is 4.79 Å². The van der Waals surface area contributed by atoms with Gasteiger partial charge in [-0.1, -0.05) is 6.07 Å². The lowest BCUT2D eigenvalue weighted by Crippen LogP contribution is -1.95. The molecule has 14 heavy (non-hydrogen) atoms. The van der Waals surface area contributed by atoms with Crippen LogP contribution in [-0.2, 0) is 11.2 Å². The van der Waals surface area contributed by atoms with Gasteiger partial charge in [0, 0.05) is 12.6 Å². The Hall–Kier alpha value is -1.58. The van der Waals surface area contributed by atoms with Crippen molar-refractivity contribution in [3.8, 4) is 0 Å². The molecule has 76 valence electrons. The first-order chi connectivity index (χ1) is 6.68. The van der Waals surface area contributed by atoms with Gasteiger partial charge in [0.25, 0.3) is 0 Å². The molecule has 0 bridgehead atoms. The summed E-state index contributed by atoms with van der Waals surface area (Å²) in [6.45, 7) is 0. The standard InChI is InChI=1S/C10H14N2O2/c11-9-6-5-8(7-12-9)3-1-2-4-10(13)14/h5-7H,1-4H2,(H2,11,12)(H,13,14). The molecule has 0 spiro atoms. The SMILES string of the molecule is Nc1ccc(CCCCC(=O)O)cn1. The van der Waals surface area contributed by atoms with Crippen molar-refractivity contribution in [1.82, 2.24) is 4.98 Å². The van der Waals surface area contributed by atoms with Gasteiger partial charge in [-0.25, -0.2) is 4.98 Å². The van der Waals surface area contributed by atoms with Crippen molar-refractivity contribution in [3.63, 3.8) is 0 Å². The normalized spacial score (nSPS) is 10.0. The first-order valence-electron chi connectivity index (χ1n) is 4.60. The molecule has 1 heterocycles. The van der Waals surface area contributed by atoms with E-state index in [1.54, 1.807) is 12.3 Å². The van der Waals surface area contributed by atoms with E-state index < -0.39 is 5.97 Å². The number of carboxylic acid groups (broad SMARTS) is 1. The van der Waals surface area contributed by atoms with Crippen LogP contribution < -0.4 is 5.73 Å². The maximum absolute atomic E-state index is 10.2. The minimum atomic E-state index is -0.736. The Morgan fingerprint density at radius 3 is 2.79 bits per heavy atom. The fourth-order valence-electron chi connectivity index (χ4n) is 1.19. The molecule has 0 aliphatic carbocycles. The highest BCUT2D eigenvalue weighted by Gasteiger charge is 1.97. The van der Waals surface area contributed by atoms with Gasteiger partial charge in [-0.15, -0.1) is 0 Å². The molecule has 0 saturated carbocycles. The Labute approximate surface area is 82.8 Å². The second kappa shape index (κ2) is 5.21. The van der Waals surface area contributed by atoms with E-state index in [1.165, 1.54) is 0 Å². The van der Waals surface area contributed by atoms with Gasteiger partial charge in [-0.2, -0.15) is 0 Å². The number of rotatable bonds is 5. The number of nitrogen functional groups attached to an aromatic ring is 1. The first kappa shape index (κ1) is 10.5. The third kappa shape index (κ3) is 3.89. The molecule has 0 unspecified atom stereocenters. The van der Waals surface area contributed by atoms with Gasteiger partial charge in [0.15, 0.2) is 0 Å². The molecule has 0 aliphatic rings. The van der Waals surface area contributed by atoms with Crippen LogP contribution in [0.4, 0.5) is 5.82 Å². The van der Waals surface area contributed by atoms with E-state index in [0.29, 0.717) is 12.2 Å². The summed E-state index contributed by atoms with van der Waals surface area (Å²) in [4.78, 5) is 14.2. The highest BCUT2D eigenvalue weighted by molar-refractivity contribution is 5.66. The third-order valence-corrected chi connectivity index (χ3v) is 1.95. The number of aromatic nitrogens is 1. The van der Waals surface area contributed by atoms with Crippen LogP contribution in [0.5, 0.6) is 0 Å². The predicted octanol–water partition coefficient (Wildman–Crippen LogP) is 1.46. The number of hydrogen-bond donors (Lipinski definition) is 2. The molecule has 0 fully saturated rings. The Bertz CT molecular complexity index is 295. The van der Waals surface area contributed by atoms with E-state index in [9.17, 15) is 4.79 Å². The van der Waals surface area contributed by atoms with E-state index in [1.807, 2.05) is 6.07 Å². The third-order valence-electron chi connectivity index (χ3n) is 1.95. The molecule has 3 N–H and O–H groups in total. The molecule has 0 atom stereocenters. The Morgan fingerprint density at radius 2 is 2.21 bits per heavy atom. The van der Waals surface area contributed by atoms with Crippen molar-refractivity contribution in [3.05, 3.63) is 23.9 Å². The maximum atomic E-state index is 10.2. The van der Waals surface area contributed by atoms with Crippen molar-refractivity contribution >= 4 is 11.8 Å². The number of hydrogen-bond acceptors (Lipinski definition) is 3. The fourth-order valence-corrected chi connectivity index (χ4v) is 1.19. The highest BCUT2D eigenvalue weighted by atomic mass is 16.4. The molecule has 0 amide bonds. The van der Waals surface area contributed by atoms with E-state index in [2.05, 4.69) is 4.98 Å². The molecule has 1 aromatic heterocycles. The van der Waals surface area contributed by atoms with Crippen molar-refractivity contribution in [2.75, 3.05) is 5.73 Å². The Morgan fingerprint density at radius 1 is 1.43 bits per heavy atom. The van der Waals surface area contributed by atoms with E-state index in [0.717, 1.165) is 18.4 Å². The van der Waals surface area contributed by atoms with Crippen LogP contribution >= 0.6 is 0 Å². The Kier molecular flexibility index (Phi) is 3.91. The van der Waals surface area contributed by atoms with E-state index >= 15 is 0 Å². The van der Waals surface area contributed by atoms with Crippen LogP contribution in [0.3, 0.4) is 0 Å². The molecule has 1 aromatic rings. The smallest absolute Gasteiger partial charge is 0.303 e. The number of anilines is 1. The van der Waals surface area contributed by atoms with Crippen molar-refractivity contribution in [2.45, 2.75) is 25.7 Å². The van der Waals surface area contributed by atoms with Gasteiger partial charge in [0.2, 0.25) is 0 Å². The average Bonchev–Trinajstić information content (AvgIpc) is 2.15. The second-order valence-corrected chi connectivity index (χ2v) is 3.19. The summed E-state index contributed by atoms with van der Waals surface area (Å²) in [6, 6.07) is 3.68. The minimum absolute atomic E-state index is 0.238. The van der Waals surface area contributed by atoms with Crippen molar-refractivity contribution in [1.29, 1.82) is 0 Å². The summed E-state index contributed by atoms with van der Waals surface area (Å²) in [5.41, 5.74) is 6.53. The average molecular weight is 194 g/mol. The lowest BCUT2D eigenvalue weighted by molar-refractivity contribution is -0.137. The van der Waals surface area contributed by atoms with Gasteiger partial charge in [0.1, 0.15) is 5.82 Å². The van der Waals surface area contributed by atoms with Gasteiger partial charge in [0.05, 0.1) is 0 Å². The van der Waals surface area contributed by atoms with Crippen LogP contribution in [0.15, 0.2) is 18.3 Å². The van der Waals surface area contributed by atoms with E-state index in [4.69, 9.17) is 10.8 Å². The lowest BCUT2D eigenvalue weighted by atomic mass is 10.1. The predicted molar refractivity (Wildman–Crippen MR) is 53.8 cm³/mol. The molecular weight excluding hydrogens is 180 g/mol. The molecule has 0 saturated heterocycles. The molecule has 4 heteroatoms. The zero-order chi connectivity index (χ0) is 10.4. The maximum Gasteiger partial charge on any atom is 0.303 e. The number of carbonyl (C=O) groups is 1. The summed E-state index contributed by atoms with van der Waals surface area (Å²) >= 11 is 0. The number of unbranched alkanes of at least 4 members (excludes halogenated alkanes) is 1. The second-order valence-electron chi connectivity index (χ2n) is 3.19. The van der Waals surface area contributed by atoms with Gasteiger partial charge >= 0.3 is 5.97 Å². The number of nitrogens with two attached hydrogens (primary N) is 1. The summed E-state index contributed by atoms with van der Waals surface area (Å²) < 4.78 is 0. The molecule has 0 aromatic carbocycles. The number of pyridine rings is 1. The monoisotopic (exact) mass is 194 g/mol. The van der Waals surface area contributed by atoms with Crippen LogP contribution in [0.25, 0.3) is 0 Å². The quantitative estimate of drug-likeness (QED) is 0.696. The summed E-state index contributed by atoms with van der Waals surface area (Å²) in [5.74, 6) is -0.222. The Balaban J connectivity index is 2.25. The molecule has 0 radical (unpaired) electrons.